The number of aromatic amines is 1. The van der Waals surface area contributed by atoms with Crippen LogP contribution in [0, 0.1) is 0 Å². The van der Waals surface area contributed by atoms with Gasteiger partial charge in [0.2, 0.25) is 0 Å². The number of H-pyrrole nitrogens is 1. The number of aromatic nitrogens is 4. The summed E-state index contributed by atoms with van der Waals surface area (Å²) in [6.07, 6.45) is 6.37. The molecule has 2 aromatic heterocycles. The van der Waals surface area contributed by atoms with Crippen LogP contribution in [0.3, 0.4) is 0 Å². The largest absolute Gasteiger partial charge is 0.275 e. The maximum atomic E-state index is 5.81. The van der Waals surface area contributed by atoms with Crippen molar-refractivity contribution in [3.05, 3.63) is 29.8 Å². The standard InChI is InChI=1S/C7H5ClN4/c8-5-3-11-12-7(5)6-4-9-1-2-10-6/h1-4H,(H,11,12). The first kappa shape index (κ1) is 7.24. The van der Waals surface area contributed by atoms with Crippen molar-refractivity contribution in [1.82, 2.24) is 20.2 Å². The Morgan fingerprint density at radius 3 is 2.75 bits per heavy atom. The Morgan fingerprint density at radius 2 is 2.17 bits per heavy atom. The average Bonchev–Trinajstić information content (AvgIpc) is 2.53. The molecule has 0 amide bonds. The molecule has 0 fully saturated rings. The lowest BCUT2D eigenvalue weighted by Gasteiger charge is -1.93. The summed E-state index contributed by atoms with van der Waals surface area (Å²) in [6.45, 7) is 0. The van der Waals surface area contributed by atoms with E-state index in [1.165, 1.54) is 6.20 Å². The topological polar surface area (TPSA) is 54.5 Å². The van der Waals surface area contributed by atoms with Crippen molar-refractivity contribution in [1.29, 1.82) is 0 Å². The molecule has 0 unspecified atom stereocenters. The minimum absolute atomic E-state index is 0.551. The average molecular weight is 181 g/mol. The Balaban J connectivity index is 2.51. The lowest BCUT2D eigenvalue weighted by Crippen LogP contribution is -1.84. The molecular formula is C7H5ClN4. The summed E-state index contributed by atoms with van der Waals surface area (Å²) in [4.78, 5) is 7.98. The van der Waals surface area contributed by atoms with Crippen LogP contribution in [0.5, 0.6) is 0 Å². The van der Waals surface area contributed by atoms with Gasteiger partial charge in [-0.1, -0.05) is 11.6 Å². The van der Waals surface area contributed by atoms with E-state index in [1.807, 2.05) is 0 Å². The van der Waals surface area contributed by atoms with Crippen molar-refractivity contribution >= 4 is 11.6 Å². The zero-order valence-electron chi connectivity index (χ0n) is 6.03. The molecule has 0 aromatic carbocycles. The highest BCUT2D eigenvalue weighted by Gasteiger charge is 2.05. The second kappa shape index (κ2) is 2.91. The van der Waals surface area contributed by atoms with Crippen molar-refractivity contribution in [2.24, 2.45) is 0 Å². The molecule has 0 saturated heterocycles. The summed E-state index contributed by atoms with van der Waals surface area (Å²) >= 11 is 5.81. The van der Waals surface area contributed by atoms with Crippen LogP contribution in [0.2, 0.25) is 5.02 Å². The van der Waals surface area contributed by atoms with E-state index in [9.17, 15) is 0 Å². The van der Waals surface area contributed by atoms with E-state index in [0.29, 0.717) is 16.4 Å². The fourth-order valence-corrected chi connectivity index (χ4v) is 1.07. The summed E-state index contributed by atoms with van der Waals surface area (Å²) in [5, 5.41) is 7.06. The molecular weight excluding hydrogens is 176 g/mol. The lowest BCUT2D eigenvalue weighted by atomic mass is 10.3. The molecule has 0 radical (unpaired) electrons. The van der Waals surface area contributed by atoms with Crippen molar-refractivity contribution < 1.29 is 0 Å². The Bertz CT molecular complexity index is 370. The molecule has 0 aliphatic heterocycles. The third kappa shape index (κ3) is 1.16. The molecule has 2 aromatic rings. The smallest absolute Gasteiger partial charge is 0.108 e. The molecule has 0 atom stereocenters. The van der Waals surface area contributed by atoms with Gasteiger partial charge in [0, 0.05) is 12.4 Å². The van der Waals surface area contributed by atoms with Crippen molar-refractivity contribution in [3.63, 3.8) is 0 Å². The molecule has 0 aliphatic rings. The Kier molecular flexibility index (Phi) is 1.75. The predicted molar refractivity (Wildman–Crippen MR) is 44.6 cm³/mol. The molecule has 5 heteroatoms. The summed E-state index contributed by atoms with van der Waals surface area (Å²) < 4.78 is 0. The van der Waals surface area contributed by atoms with E-state index < -0.39 is 0 Å². The van der Waals surface area contributed by atoms with Gasteiger partial charge in [-0.2, -0.15) is 5.10 Å². The third-order valence-electron chi connectivity index (χ3n) is 1.41. The van der Waals surface area contributed by atoms with E-state index in [2.05, 4.69) is 20.2 Å². The summed E-state index contributed by atoms with van der Waals surface area (Å²) in [5.74, 6) is 0. The first-order valence-corrected chi connectivity index (χ1v) is 3.71. The van der Waals surface area contributed by atoms with Gasteiger partial charge in [0.25, 0.3) is 0 Å². The van der Waals surface area contributed by atoms with Crippen LogP contribution < -0.4 is 0 Å². The van der Waals surface area contributed by atoms with E-state index in [0.717, 1.165) is 0 Å². The highest BCUT2D eigenvalue weighted by molar-refractivity contribution is 6.32. The van der Waals surface area contributed by atoms with Gasteiger partial charge in [0.05, 0.1) is 17.4 Å². The monoisotopic (exact) mass is 180 g/mol. The van der Waals surface area contributed by atoms with E-state index in [1.54, 1.807) is 18.6 Å². The number of nitrogens with one attached hydrogen (secondary N) is 1. The van der Waals surface area contributed by atoms with Gasteiger partial charge in [-0.15, -0.1) is 0 Å². The van der Waals surface area contributed by atoms with Crippen LogP contribution in [-0.4, -0.2) is 20.2 Å². The molecule has 1 N–H and O–H groups in total. The first-order valence-electron chi connectivity index (χ1n) is 3.33. The second-order valence-electron chi connectivity index (χ2n) is 2.18. The van der Waals surface area contributed by atoms with E-state index in [4.69, 9.17) is 11.6 Å². The van der Waals surface area contributed by atoms with Crippen LogP contribution in [0.15, 0.2) is 24.8 Å². The zero-order valence-corrected chi connectivity index (χ0v) is 6.78. The summed E-state index contributed by atoms with van der Waals surface area (Å²) in [7, 11) is 0. The molecule has 2 heterocycles. The minimum atomic E-state index is 0.551. The Morgan fingerprint density at radius 1 is 1.25 bits per heavy atom. The number of rotatable bonds is 1. The lowest BCUT2D eigenvalue weighted by molar-refractivity contribution is 1.08. The predicted octanol–water partition coefficient (Wildman–Crippen LogP) is 1.52. The van der Waals surface area contributed by atoms with Gasteiger partial charge in [0.1, 0.15) is 11.4 Å². The molecule has 4 nitrogen and oxygen atoms in total. The number of hydrogen-bond donors (Lipinski definition) is 1. The first-order chi connectivity index (χ1) is 5.88. The molecule has 0 saturated carbocycles. The van der Waals surface area contributed by atoms with Crippen LogP contribution in [-0.2, 0) is 0 Å². The summed E-state index contributed by atoms with van der Waals surface area (Å²) in [5.41, 5.74) is 1.39. The maximum absolute atomic E-state index is 5.81. The normalized spacial score (nSPS) is 10.1. The SMILES string of the molecule is Clc1cn[nH]c1-c1cnccn1. The van der Waals surface area contributed by atoms with Crippen molar-refractivity contribution in [3.8, 4) is 11.4 Å². The van der Waals surface area contributed by atoms with Crippen LogP contribution in [0.1, 0.15) is 0 Å². The molecule has 0 aliphatic carbocycles. The van der Waals surface area contributed by atoms with Gasteiger partial charge < -0.3 is 0 Å². The third-order valence-corrected chi connectivity index (χ3v) is 1.70. The van der Waals surface area contributed by atoms with Gasteiger partial charge in [-0.25, -0.2) is 0 Å². The van der Waals surface area contributed by atoms with Gasteiger partial charge >= 0.3 is 0 Å². The molecule has 0 bridgehead atoms. The molecule has 0 spiro atoms. The highest BCUT2D eigenvalue weighted by Crippen LogP contribution is 2.21. The number of hydrogen-bond acceptors (Lipinski definition) is 3. The van der Waals surface area contributed by atoms with E-state index >= 15 is 0 Å². The van der Waals surface area contributed by atoms with Crippen molar-refractivity contribution in [2.75, 3.05) is 0 Å². The van der Waals surface area contributed by atoms with Crippen LogP contribution >= 0.6 is 11.6 Å². The minimum Gasteiger partial charge on any atom is -0.275 e. The van der Waals surface area contributed by atoms with E-state index in [-0.39, 0.29) is 0 Å². The second-order valence-corrected chi connectivity index (χ2v) is 2.59. The maximum Gasteiger partial charge on any atom is 0.108 e. The Labute approximate surface area is 73.6 Å². The van der Waals surface area contributed by atoms with Crippen LogP contribution in [0.25, 0.3) is 11.4 Å². The highest BCUT2D eigenvalue weighted by atomic mass is 35.5. The fourth-order valence-electron chi connectivity index (χ4n) is 0.879. The van der Waals surface area contributed by atoms with Gasteiger partial charge in [0.15, 0.2) is 0 Å². The van der Waals surface area contributed by atoms with Crippen LogP contribution in [0.4, 0.5) is 0 Å². The van der Waals surface area contributed by atoms with Crippen molar-refractivity contribution in [2.45, 2.75) is 0 Å². The zero-order chi connectivity index (χ0) is 8.39. The molecule has 12 heavy (non-hydrogen) atoms. The summed E-state index contributed by atoms with van der Waals surface area (Å²) in [6, 6.07) is 0. The number of halogens is 1. The molecule has 60 valence electrons. The Hall–Kier alpha value is -1.42. The number of nitrogens with zero attached hydrogens (tertiary/aromatic N) is 3. The quantitative estimate of drug-likeness (QED) is 0.724. The van der Waals surface area contributed by atoms with Gasteiger partial charge in [-0.3, -0.25) is 15.1 Å². The van der Waals surface area contributed by atoms with Gasteiger partial charge in [-0.05, 0) is 0 Å². The molecule has 2 rings (SSSR count). The fraction of sp³-hybridized carbons (Fsp3) is 0.